The van der Waals surface area contributed by atoms with Crippen molar-refractivity contribution in [1.29, 1.82) is 0 Å². The predicted octanol–water partition coefficient (Wildman–Crippen LogP) is 2.22. The fraction of sp³-hybridized carbons (Fsp3) is 0.682. The molecule has 0 bridgehead atoms. The van der Waals surface area contributed by atoms with Gasteiger partial charge in [-0.25, -0.2) is 12.7 Å². The van der Waals surface area contributed by atoms with E-state index in [0.29, 0.717) is 32.5 Å². The Labute approximate surface area is 175 Å². The summed E-state index contributed by atoms with van der Waals surface area (Å²) in [6, 6.07) is 9.84. The summed E-state index contributed by atoms with van der Waals surface area (Å²) in [4.78, 5) is 15.8. The minimum absolute atomic E-state index is 0.0302. The number of carbonyl (C=O) groups is 1. The zero-order chi connectivity index (χ0) is 20.9. The van der Waals surface area contributed by atoms with Crippen LogP contribution >= 0.6 is 0 Å². The van der Waals surface area contributed by atoms with Gasteiger partial charge >= 0.3 is 0 Å². The van der Waals surface area contributed by atoms with Gasteiger partial charge in [0.2, 0.25) is 15.9 Å². The molecule has 1 N–H and O–H groups in total. The highest BCUT2D eigenvalue weighted by molar-refractivity contribution is 7.89. The van der Waals surface area contributed by atoms with Crippen LogP contribution in [-0.4, -0.2) is 68.6 Å². The number of hydrogen-bond donors (Lipinski definition) is 1. The fourth-order valence-electron chi connectivity index (χ4n) is 4.52. The normalized spacial score (nSPS) is 21.7. The van der Waals surface area contributed by atoms with E-state index in [1.54, 1.807) is 6.92 Å². The van der Waals surface area contributed by atoms with Crippen molar-refractivity contribution in [3.8, 4) is 0 Å². The molecule has 2 heterocycles. The van der Waals surface area contributed by atoms with Crippen molar-refractivity contribution in [2.45, 2.75) is 44.9 Å². The van der Waals surface area contributed by atoms with Gasteiger partial charge in [0.1, 0.15) is 0 Å². The van der Waals surface area contributed by atoms with E-state index < -0.39 is 15.4 Å². The Morgan fingerprint density at radius 3 is 2.31 bits per heavy atom. The van der Waals surface area contributed by atoms with Crippen LogP contribution in [0.5, 0.6) is 0 Å². The van der Waals surface area contributed by atoms with E-state index in [2.05, 4.69) is 17.1 Å². The van der Waals surface area contributed by atoms with Gasteiger partial charge in [0, 0.05) is 26.2 Å². The average Bonchev–Trinajstić information content (AvgIpc) is 2.75. The maximum absolute atomic E-state index is 13.3. The number of sulfonamides is 1. The third-order valence-electron chi connectivity index (χ3n) is 6.69. The SMILES string of the molecule is CCS(=O)(=O)N1CCC(C(=O)NCCN2CCC(C)CC2)(c2ccccc2)CC1. The Morgan fingerprint density at radius 2 is 1.72 bits per heavy atom. The number of nitrogens with zero attached hydrogens (tertiary/aromatic N) is 2. The number of carbonyl (C=O) groups excluding carboxylic acids is 1. The van der Waals surface area contributed by atoms with Gasteiger partial charge in [0.05, 0.1) is 11.2 Å². The van der Waals surface area contributed by atoms with Crippen LogP contribution in [0.4, 0.5) is 0 Å². The lowest BCUT2D eigenvalue weighted by atomic mass is 9.72. The lowest BCUT2D eigenvalue weighted by Gasteiger charge is -2.40. The summed E-state index contributed by atoms with van der Waals surface area (Å²) < 4.78 is 26.1. The van der Waals surface area contributed by atoms with Crippen molar-refractivity contribution in [2.24, 2.45) is 5.92 Å². The van der Waals surface area contributed by atoms with E-state index in [-0.39, 0.29) is 11.7 Å². The molecule has 0 aromatic heterocycles. The second-order valence-electron chi connectivity index (χ2n) is 8.53. The fourth-order valence-corrected chi connectivity index (χ4v) is 5.62. The van der Waals surface area contributed by atoms with Gasteiger partial charge < -0.3 is 10.2 Å². The molecule has 1 aromatic carbocycles. The summed E-state index contributed by atoms with van der Waals surface area (Å²) in [5, 5.41) is 3.17. The van der Waals surface area contributed by atoms with Crippen molar-refractivity contribution in [1.82, 2.24) is 14.5 Å². The maximum atomic E-state index is 13.3. The quantitative estimate of drug-likeness (QED) is 0.733. The van der Waals surface area contributed by atoms with E-state index in [1.807, 2.05) is 30.3 Å². The second kappa shape index (κ2) is 9.58. The highest BCUT2D eigenvalue weighted by Gasteiger charge is 2.44. The topological polar surface area (TPSA) is 69.7 Å². The minimum Gasteiger partial charge on any atom is -0.354 e. The molecule has 29 heavy (non-hydrogen) atoms. The molecule has 2 fully saturated rings. The molecule has 0 radical (unpaired) electrons. The van der Waals surface area contributed by atoms with Gasteiger partial charge in [-0.2, -0.15) is 0 Å². The molecule has 0 spiro atoms. The van der Waals surface area contributed by atoms with Gasteiger partial charge in [-0.15, -0.1) is 0 Å². The lowest BCUT2D eigenvalue weighted by Crippen LogP contribution is -2.53. The summed E-state index contributed by atoms with van der Waals surface area (Å²) in [5.74, 6) is 0.931. The zero-order valence-corrected chi connectivity index (χ0v) is 18.6. The van der Waals surface area contributed by atoms with E-state index in [4.69, 9.17) is 0 Å². The predicted molar refractivity (Wildman–Crippen MR) is 116 cm³/mol. The molecule has 0 unspecified atom stereocenters. The van der Waals surface area contributed by atoms with Gasteiger partial charge in [0.15, 0.2) is 0 Å². The van der Waals surface area contributed by atoms with Crippen LogP contribution in [0.1, 0.15) is 45.1 Å². The number of nitrogens with one attached hydrogen (secondary N) is 1. The van der Waals surface area contributed by atoms with Crippen molar-refractivity contribution >= 4 is 15.9 Å². The summed E-state index contributed by atoms with van der Waals surface area (Å²) in [5.41, 5.74) is 0.329. The van der Waals surface area contributed by atoms with Crippen LogP contribution in [0.2, 0.25) is 0 Å². The average molecular weight is 422 g/mol. The number of rotatable bonds is 7. The van der Waals surface area contributed by atoms with E-state index in [1.165, 1.54) is 17.1 Å². The first-order valence-corrected chi connectivity index (χ1v) is 12.5. The van der Waals surface area contributed by atoms with Gasteiger partial charge in [-0.1, -0.05) is 37.3 Å². The summed E-state index contributed by atoms with van der Waals surface area (Å²) >= 11 is 0. The Balaban J connectivity index is 1.66. The molecule has 162 valence electrons. The Bertz CT molecular complexity index is 766. The molecule has 1 aromatic rings. The first kappa shape index (κ1) is 22.2. The minimum atomic E-state index is -3.22. The standard InChI is InChI=1S/C22H35N3O3S/c1-3-29(27,28)25-16-11-22(12-17-25,20-7-5-4-6-8-20)21(26)23-13-18-24-14-9-19(2)10-15-24/h4-8,19H,3,9-18H2,1-2H3,(H,23,26). The number of amides is 1. The highest BCUT2D eigenvalue weighted by Crippen LogP contribution is 2.36. The molecule has 1 amide bonds. The molecule has 3 rings (SSSR count). The van der Waals surface area contributed by atoms with Crippen molar-refractivity contribution in [3.63, 3.8) is 0 Å². The molecule has 2 aliphatic heterocycles. The largest absolute Gasteiger partial charge is 0.354 e. The van der Waals surface area contributed by atoms with Crippen LogP contribution in [0, 0.1) is 5.92 Å². The van der Waals surface area contributed by atoms with E-state index in [9.17, 15) is 13.2 Å². The molecule has 0 saturated carbocycles. The van der Waals surface area contributed by atoms with Gasteiger partial charge in [0.25, 0.3) is 0 Å². The van der Waals surface area contributed by atoms with Crippen LogP contribution < -0.4 is 5.32 Å². The van der Waals surface area contributed by atoms with Crippen molar-refractivity contribution in [2.75, 3.05) is 45.0 Å². The second-order valence-corrected chi connectivity index (χ2v) is 10.8. The maximum Gasteiger partial charge on any atom is 0.230 e. The first-order chi connectivity index (χ1) is 13.9. The van der Waals surface area contributed by atoms with Crippen LogP contribution in [-0.2, 0) is 20.2 Å². The smallest absolute Gasteiger partial charge is 0.230 e. The molecule has 2 aliphatic rings. The number of likely N-dealkylation sites (tertiary alicyclic amines) is 1. The summed E-state index contributed by atoms with van der Waals surface area (Å²) in [6.07, 6.45) is 3.49. The zero-order valence-electron chi connectivity index (χ0n) is 17.8. The summed E-state index contributed by atoms with van der Waals surface area (Å²) in [6.45, 7) is 8.47. The van der Waals surface area contributed by atoms with Gasteiger partial charge in [-0.05, 0) is 57.2 Å². The molecule has 2 saturated heterocycles. The Hall–Kier alpha value is -1.44. The molecule has 7 heteroatoms. The van der Waals surface area contributed by atoms with Gasteiger partial charge in [-0.3, -0.25) is 4.79 Å². The number of piperidine rings is 2. The third kappa shape index (κ3) is 5.19. The molecular formula is C22H35N3O3S. The molecule has 0 aliphatic carbocycles. The van der Waals surface area contributed by atoms with Crippen LogP contribution in [0.25, 0.3) is 0 Å². The molecule has 0 atom stereocenters. The lowest BCUT2D eigenvalue weighted by molar-refractivity contribution is -0.128. The monoisotopic (exact) mass is 421 g/mol. The van der Waals surface area contributed by atoms with Crippen LogP contribution in [0.15, 0.2) is 30.3 Å². The van der Waals surface area contributed by atoms with E-state index in [0.717, 1.165) is 31.1 Å². The first-order valence-electron chi connectivity index (χ1n) is 10.9. The number of hydrogen-bond acceptors (Lipinski definition) is 4. The Kier molecular flexibility index (Phi) is 7.35. The highest BCUT2D eigenvalue weighted by atomic mass is 32.2. The molecular weight excluding hydrogens is 386 g/mol. The van der Waals surface area contributed by atoms with E-state index >= 15 is 0 Å². The third-order valence-corrected chi connectivity index (χ3v) is 8.57. The van der Waals surface area contributed by atoms with Crippen LogP contribution in [0.3, 0.4) is 0 Å². The molecule has 6 nitrogen and oxygen atoms in total. The number of benzene rings is 1. The van der Waals surface area contributed by atoms with Crippen molar-refractivity contribution in [3.05, 3.63) is 35.9 Å². The van der Waals surface area contributed by atoms with Crippen molar-refractivity contribution < 1.29 is 13.2 Å². The summed E-state index contributed by atoms with van der Waals surface area (Å²) in [7, 11) is -3.22. The Morgan fingerprint density at radius 1 is 1.10 bits per heavy atom.